The van der Waals surface area contributed by atoms with E-state index in [0.717, 1.165) is 30.4 Å². The van der Waals surface area contributed by atoms with Crippen LogP contribution in [-0.2, 0) is 4.74 Å². The summed E-state index contributed by atoms with van der Waals surface area (Å²) in [4.78, 5) is 22.8. The zero-order valence-corrected chi connectivity index (χ0v) is 16.2. The number of likely N-dealkylation sites (tertiary alicyclic amines) is 1. The summed E-state index contributed by atoms with van der Waals surface area (Å²) in [6, 6.07) is 7.66. The fraction of sp³-hybridized carbons (Fsp3) is 0.526. The van der Waals surface area contributed by atoms with E-state index in [0.29, 0.717) is 30.0 Å². The van der Waals surface area contributed by atoms with Crippen molar-refractivity contribution in [2.24, 2.45) is 5.92 Å². The number of ether oxygens (including phenoxy) is 1. The van der Waals surface area contributed by atoms with Gasteiger partial charge >= 0.3 is 6.09 Å². The van der Waals surface area contributed by atoms with Crippen molar-refractivity contribution in [3.8, 4) is 0 Å². The van der Waals surface area contributed by atoms with Crippen LogP contribution in [0.15, 0.2) is 24.3 Å². The summed E-state index contributed by atoms with van der Waals surface area (Å²) in [7, 11) is 0. The molecule has 140 valence electrons. The Morgan fingerprint density at radius 3 is 2.46 bits per heavy atom. The fourth-order valence-electron chi connectivity index (χ4n) is 2.98. The normalized spacial score (nSPS) is 15.9. The number of hydrogen-bond acceptors (Lipinski definition) is 5. The Kier molecular flexibility index (Phi) is 5.51. The van der Waals surface area contributed by atoms with Gasteiger partial charge in [-0.15, -0.1) is 0 Å². The molecule has 0 saturated carbocycles. The topological polar surface area (TPSA) is 67.3 Å². The number of anilines is 1. The van der Waals surface area contributed by atoms with Crippen molar-refractivity contribution in [3.63, 3.8) is 0 Å². The van der Waals surface area contributed by atoms with E-state index >= 15 is 0 Å². The molecule has 26 heavy (non-hydrogen) atoms. The number of fused-ring (bicyclic) bond motifs is 1. The quantitative estimate of drug-likeness (QED) is 0.862. The van der Waals surface area contributed by atoms with Gasteiger partial charge in [-0.25, -0.2) is 14.8 Å². The largest absolute Gasteiger partial charge is 0.444 e. The Labute approximate surface area is 158 Å². The first-order valence-corrected chi connectivity index (χ1v) is 9.34. The standard InChI is InChI=1S/C19H25ClN4O2/c1-19(2,3)26-18(25)24-10-8-13(9-11-24)12-21-17-16(20)22-14-6-4-5-7-15(14)23-17/h4-7,13H,8-12H2,1-3H3,(H,21,23). The highest BCUT2D eigenvalue weighted by Gasteiger charge is 2.26. The molecule has 1 fully saturated rings. The van der Waals surface area contributed by atoms with Gasteiger partial charge in [0.15, 0.2) is 11.0 Å². The highest BCUT2D eigenvalue weighted by molar-refractivity contribution is 6.32. The van der Waals surface area contributed by atoms with E-state index in [1.165, 1.54) is 0 Å². The van der Waals surface area contributed by atoms with E-state index in [9.17, 15) is 4.79 Å². The summed E-state index contributed by atoms with van der Waals surface area (Å²) in [5.41, 5.74) is 1.15. The van der Waals surface area contributed by atoms with Crippen molar-refractivity contribution < 1.29 is 9.53 Å². The number of rotatable bonds is 3. The first-order valence-electron chi connectivity index (χ1n) is 8.96. The lowest BCUT2D eigenvalue weighted by atomic mass is 9.97. The van der Waals surface area contributed by atoms with Crippen molar-refractivity contribution in [2.45, 2.75) is 39.2 Å². The van der Waals surface area contributed by atoms with Gasteiger partial charge in [0.1, 0.15) is 5.60 Å². The number of nitrogens with zero attached hydrogens (tertiary/aromatic N) is 3. The number of carbonyl (C=O) groups is 1. The minimum Gasteiger partial charge on any atom is -0.444 e. The molecule has 1 N–H and O–H groups in total. The van der Waals surface area contributed by atoms with Crippen molar-refractivity contribution in [1.82, 2.24) is 14.9 Å². The molecular formula is C19H25ClN4O2. The summed E-state index contributed by atoms with van der Waals surface area (Å²) in [5, 5.41) is 3.70. The zero-order chi connectivity index (χ0) is 18.7. The van der Waals surface area contributed by atoms with E-state index in [-0.39, 0.29) is 6.09 Å². The van der Waals surface area contributed by atoms with Crippen LogP contribution in [0.3, 0.4) is 0 Å². The average molecular weight is 377 g/mol. The molecule has 1 aliphatic heterocycles. The minimum absolute atomic E-state index is 0.229. The molecule has 3 rings (SSSR count). The minimum atomic E-state index is -0.457. The predicted octanol–water partition coefficient (Wildman–Crippen LogP) is 4.34. The van der Waals surface area contributed by atoms with Crippen LogP contribution in [0.5, 0.6) is 0 Å². The van der Waals surface area contributed by atoms with Crippen molar-refractivity contribution in [1.29, 1.82) is 0 Å². The van der Waals surface area contributed by atoms with Gasteiger partial charge < -0.3 is 15.0 Å². The van der Waals surface area contributed by atoms with E-state index < -0.39 is 5.60 Å². The van der Waals surface area contributed by atoms with E-state index in [2.05, 4.69) is 15.3 Å². The molecule has 2 heterocycles. The molecule has 6 nitrogen and oxygen atoms in total. The SMILES string of the molecule is CC(C)(C)OC(=O)N1CCC(CNc2nc3ccccc3nc2Cl)CC1. The Balaban J connectivity index is 1.53. The number of hydrogen-bond donors (Lipinski definition) is 1. The Bertz CT molecular complexity index is 783. The molecule has 1 amide bonds. The third-order valence-corrected chi connectivity index (χ3v) is 4.62. The maximum absolute atomic E-state index is 12.1. The van der Waals surface area contributed by atoms with Crippen LogP contribution < -0.4 is 5.32 Å². The molecule has 1 aliphatic rings. The number of para-hydroxylation sites is 2. The molecule has 1 aromatic carbocycles. The molecule has 0 atom stereocenters. The first-order chi connectivity index (χ1) is 12.3. The Morgan fingerprint density at radius 2 is 1.85 bits per heavy atom. The molecular weight excluding hydrogens is 352 g/mol. The van der Waals surface area contributed by atoms with Crippen LogP contribution in [0.4, 0.5) is 10.6 Å². The summed E-state index contributed by atoms with van der Waals surface area (Å²) >= 11 is 6.24. The maximum Gasteiger partial charge on any atom is 0.410 e. The smallest absolute Gasteiger partial charge is 0.410 e. The van der Waals surface area contributed by atoms with Crippen LogP contribution in [0.1, 0.15) is 33.6 Å². The van der Waals surface area contributed by atoms with E-state index in [1.807, 2.05) is 45.0 Å². The van der Waals surface area contributed by atoms with Crippen LogP contribution in [0.25, 0.3) is 11.0 Å². The molecule has 7 heteroatoms. The van der Waals surface area contributed by atoms with Crippen molar-refractivity contribution in [2.75, 3.05) is 25.0 Å². The van der Waals surface area contributed by atoms with Gasteiger partial charge in [0.05, 0.1) is 11.0 Å². The van der Waals surface area contributed by atoms with Crippen LogP contribution >= 0.6 is 11.6 Å². The maximum atomic E-state index is 12.1. The molecule has 2 aromatic rings. The lowest BCUT2D eigenvalue weighted by molar-refractivity contribution is 0.0188. The summed E-state index contributed by atoms with van der Waals surface area (Å²) in [5.74, 6) is 1.07. The number of amides is 1. The molecule has 0 unspecified atom stereocenters. The van der Waals surface area contributed by atoms with Crippen molar-refractivity contribution in [3.05, 3.63) is 29.4 Å². The number of aromatic nitrogens is 2. The average Bonchev–Trinajstić information content (AvgIpc) is 2.59. The zero-order valence-electron chi connectivity index (χ0n) is 15.5. The number of carbonyl (C=O) groups excluding carboxylic acids is 1. The predicted molar refractivity (Wildman–Crippen MR) is 104 cm³/mol. The van der Waals surface area contributed by atoms with Gasteiger partial charge in [0, 0.05) is 19.6 Å². The van der Waals surface area contributed by atoms with Gasteiger partial charge in [-0.1, -0.05) is 23.7 Å². The molecule has 1 aromatic heterocycles. The number of benzene rings is 1. The highest BCUT2D eigenvalue weighted by atomic mass is 35.5. The lowest BCUT2D eigenvalue weighted by Gasteiger charge is -2.33. The van der Waals surface area contributed by atoms with Crippen LogP contribution in [0.2, 0.25) is 5.15 Å². The summed E-state index contributed by atoms with van der Waals surface area (Å²) in [6.45, 7) is 7.83. The third kappa shape index (κ3) is 4.75. The van der Waals surface area contributed by atoms with Gasteiger partial charge in [0.25, 0.3) is 0 Å². The first kappa shape index (κ1) is 18.7. The fourth-order valence-corrected chi connectivity index (χ4v) is 3.18. The van der Waals surface area contributed by atoms with E-state index in [4.69, 9.17) is 16.3 Å². The van der Waals surface area contributed by atoms with Crippen LogP contribution in [0, 0.1) is 5.92 Å². The Morgan fingerprint density at radius 1 is 1.23 bits per heavy atom. The monoisotopic (exact) mass is 376 g/mol. The second-order valence-corrected chi connectivity index (χ2v) is 8.00. The van der Waals surface area contributed by atoms with Crippen LogP contribution in [-0.4, -0.2) is 46.2 Å². The second kappa shape index (κ2) is 7.66. The Hall–Kier alpha value is -2.08. The van der Waals surface area contributed by atoms with Gasteiger partial charge in [-0.2, -0.15) is 0 Å². The summed E-state index contributed by atoms with van der Waals surface area (Å²) in [6.07, 6.45) is 1.61. The third-order valence-electron chi connectivity index (χ3n) is 4.35. The molecule has 0 aliphatic carbocycles. The van der Waals surface area contributed by atoms with Crippen molar-refractivity contribution >= 4 is 34.5 Å². The molecule has 0 bridgehead atoms. The van der Waals surface area contributed by atoms with Gasteiger partial charge in [0.2, 0.25) is 0 Å². The molecule has 0 radical (unpaired) electrons. The number of halogens is 1. The molecule has 1 saturated heterocycles. The van der Waals surface area contributed by atoms with E-state index in [1.54, 1.807) is 4.90 Å². The number of nitrogens with one attached hydrogen (secondary N) is 1. The second-order valence-electron chi connectivity index (χ2n) is 7.64. The number of piperidine rings is 1. The van der Waals surface area contributed by atoms with Gasteiger partial charge in [-0.3, -0.25) is 0 Å². The summed E-state index contributed by atoms with van der Waals surface area (Å²) < 4.78 is 5.43. The van der Waals surface area contributed by atoms with Gasteiger partial charge in [-0.05, 0) is 51.7 Å². The molecule has 0 spiro atoms. The highest BCUT2D eigenvalue weighted by Crippen LogP contribution is 2.24. The lowest BCUT2D eigenvalue weighted by Crippen LogP contribution is -2.42.